The highest BCUT2D eigenvalue weighted by Gasteiger charge is 2.33. The van der Waals surface area contributed by atoms with Crippen molar-refractivity contribution in [3.8, 4) is 17.6 Å². The SMILES string of the molecule is CC1(C)OC[C@@H](COc2cc3ncc(C#N)c(Nc4ccc(OCc5cccc(F)c5)c(Cl)c4)c3cc2NC(=O)CC2CSSC2)O1. The van der Waals surface area contributed by atoms with Crippen LogP contribution in [-0.2, 0) is 20.9 Å². The number of nitrogens with zero attached hydrogens (tertiary/aromatic N) is 2. The molecule has 6 rings (SSSR count). The summed E-state index contributed by atoms with van der Waals surface area (Å²) in [7, 11) is 3.55. The van der Waals surface area contributed by atoms with Gasteiger partial charge in [-0.25, -0.2) is 4.39 Å². The number of amides is 1. The minimum absolute atomic E-state index is 0.122. The second kappa shape index (κ2) is 14.6. The molecule has 1 amide bonds. The number of fused-ring (bicyclic) bond motifs is 1. The Kier molecular flexibility index (Phi) is 10.3. The third-order valence-corrected chi connectivity index (χ3v) is 10.5. The molecule has 2 N–H and O–H groups in total. The second-order valence-electron chi connectivity index (χ2n) is 11.7. The molecule has 0 aliphatic carbocycles. The highest BCUT2D eigenvalue weighted by Crippen LogP contribution is 2.39. The monoisotopic (exact) mass is 694 g/mol. The van der Waals surface area contributed by atoms with E-state index < -0.39 is 5.79 Å². The summed E-state index contributed by atoms with van der Waals surface area (Å²) in [5, 5.41) is 17.3. The molecule has 2 aliphatic heterocycles. The Bertz CT molecular complexity index is 1830. The predicted molar refractivity (Wildman–Crippen MR) is 184 cm³/mol. The quantitative estimate of drug-likeness (QED) is 0.149. The molecule has 1 aromatic heterocycles. The van der Waals surface area contributed by atoms with Crippen LogP contribution in [0.2, 0.25) is 5.02 Å². The molecule has 3 aromatic carbocycles. The molecule has 3 heterocycles. The van der Waals surface area contributed by atoms with Crippen molar-refractivity contribution in [1.29, 1.82) is 5.26 Å². The number of pyridine rings is 1. The lowest BCUT2D eigenvalue weighted by Gasteiger charge is -2.19. The molecule has 2 aliphatic rings. The summed E-state index contributed by atoms with van der Waals surface area (Å²) >= 11 is 6.56. The van der Waals surface area contributed by atoms with Gasteiger partial charge in [-0.1, -0.05) is 45.3 Å². The van der Waals surface area contributed by atoms with Crippen molar-refractivity contribution >= 4 is 67.1 Å². The van der Waals surface area contributed by atoms with Gasteiger partial charge in [-0.15, -0.1) is 0 Å². The number of hydrogen-bond donors (Lipinski definition) is 2. The molecule has 13 heteroatoms. The molecule has 9 nitrogen and oxygen atoms in total. The molecule has 0 saturated carbocycles. The van der Waals surface area contributed by atoms with E-state index in [2.05, 4.69) is 21.7 Å². The summed E-state index contributed by atoms with van der Waals surface area (Å²) in [4.78, 5) is 17.7. The summed E-state index contributed by atoms with van der Waals surface area (Å²) in [6, 6.07) is 17.0. The van der Waals surface area contributed by atoms with E-state index >= 15 is 0 Å². The lowest BCUT2D eigenvalue weighted by molar-refractivity contribution is -0.141. The molecule has 4 aromatic rings. The van der Waals surface area contributed by atoms with Crippen LogP contribution in [0.15, 0.2) is 60.8 Å². The average molecular weight is 695 g/mol. The van der Waals surface area contributed by atoms with Crippen molar-refractivity contribution in [3.63, 3.8) is 0 Å². The first kappa shape index (κ1) is 33.2. The number of aromatic nitrogens is 1. The fourth-order valence-corrected chi connectivity index (χ4v) is 8.40. The van der Waals surface area contributed by atoms with Gasteiger partial charge in [0.05, 0.1) is 34.1 Å². The highest BCUT2D eigenvalue weighted by atomic mass is 35.5. The maximum absolute atomic E-state index is 13.6. The van der Waals surface area contributed by atoms with Gasteiger partial charge < -0.3 is 29.6 Å². The smallest absolute Gasteiger partial charge is 0.224 e. The van der Waals surface area contributed by atoms with Crippen LogP contribution in [0.4, 0.5) is 21.5 Å². The fraction of sp³-hybridized carbons (Fsp3) is 0.324. The van der Waals surface area contributed by atoms with Gasteiger partial charge in [0.15, 0.2) is 5.79 Å². The number of carbonyl (C=O) groups is 1. The molecule has 2 saturated heterocycles. The van der Waals surface area contributed by atoms with E-state index in [-0.39, 0.29) is 37.0 Å². The molecule has 0 unspecified atom stereocenters. The molecule has 0 bridgehead atoms. The Morgan fingerprint density at radius 2 is 1.98 bits per heavy atom. The molecule has 0 radical (unpaired) electrons. The zero-order valence-electron chi connectivity index (χ0n) is 25.7. The Hall–Kier alpha value is -3.73. The molecular formula is C34H32ClFN4O5S2. The summed E-state index contributed by atoms with van der Waals surface area (Å²) in [5.41, 5.74) is 3.06. The van der Waals surface area contributed by atoms with E-state index in [1.165, 1.54) is 18.3 Å². The van der Waals surface area contributed by atoms with Crippen molar-refractivity contribution in [2.45, 2.75) is 38.8 Å². The van der Waals surface area contributed by atoms with Crippen molar-refractivity contribution in [3.05, 3.63) is 82.8 Å². The van der Waals surface area contributed by atoms with Crippen LogP contribution in [0.25, 0.3) is 10.9 Å². The number of rotatable bonds is 11. The van der Waals surface area contributed by atoms with Gasteiger partial charge in [-0.3, -0.25) is 9.78 Å². The van der Waals surface area contributed by atoms with E-state index in [1.807, 2.05) is 13.8 Å². The largest absolute Gasteiger partial charge is 0.489 e. The van der Waals surface area contributed by atoms with Crippen LogP contribution in [0, 0.1) is 23.1 Å². The van der Waals surface area contributed by atoms with Crippen molar-refractivity contribution < 1.29 is 28.1 Å². The van der Waals surface area contributed by atoms with Crippen molar-refractivity contribution in [2.24, 2.45) is 5.92 Å². The Morgan fingerprint density at radius 3 is 2.70 bits per heavy atom. The van der Waals surface area contributed by atoms with Gasteiger partial charge in [0.1, 0.15) is 42.7 Å². The number of anilines is 3. The third kappa shape index (κ3) is 8.41. The van der Waals surface area contributed by atoms with Crippen LogP contribution in [0.3, 0.4) is 0 Å². The number of carbonyl (C=O) groups excluding carboxylic acids is 1. The summed E-state index contributed by atoms with van der Waals surface area (Å²) < 4.78 is 37.2. The van der Waals surface area contributed by atoms with E-state index in [0.29, 0.717) is 68.6 Å². The van der Waals surface area contributed by atoms with Gasteiger partial charge in [0, 0.05) is 41.3 Å². The minimum atomic E-state index is -0.698. The van der Waals surface area contributed by atoms with Crippen molar-refractivity contribution in [1.82, 2.24) is 4.98 Å². The number of hydrogen-bond acceptors (Lipinski definition) is 10. The lowest BCUT2D eigenvalue weighted by atomic mass is 10.1. The van der Waals surface area contributed by atoms with E-state index in [0.717, 1.165) is 11.5 Å². The first-order chi connectivity index (χ1) is 22.7. The van der Waals surface area contributed by atoms with Gasteiger partial charge in [0.25, 0.3) is 0 Å². The molecular weight excluding hydrogens is 663 g/mol. The standard InChI is InChI=1S/C34H32ClFN4O5S2/c1-34(2)44-17-25(45-34)16-43-31-12-28-26(11-29(31)40-32(41)9-21-18-46-47-19-21)33(22(13-37)14-38-28)39-24-6-7-30(27(35)10-24)42-15-20-4-3-5-23(36)8-20/h3-8,10-12,14,21,25H,9,15-19H2,1-2H3,(H,38,39)(H,40,41)/t25-/m1/s1. The van der Waals surface area contributed by atoms with Gasteiger partial charge in [-0.05, 0) is 61.7 Å². The highest BCUT2D eigenvalue weighted by molar-refractivity contribution is 8.77. The Labute approximate surface area is 284 Å². The van der Waals surface area contributed by atoms with Crippen molar-refractivity contribution in [2.75, 3.05) is 35.4 Å². The number of nitriles is 1. The van der Waals surface area contributed by atoms with E-state index in [9.17, 15) is 14.4 Å². The molecule has 47 heavy (non-hydrogen) atoms. The van der Waals surface area contributed by atoms with Crippen LogP contribution >= 0.6 is 33.2 Å². The second-order valence-corrected chi connectivity index (χ2v) is 14.6. The zero-order chi connectivity index (χ0) is 33.0. The molecule has 2 fully saturated rings. The Morgan fingerprint density at radius 1 is 1.15 bits per heavy atom. The predicted octanol–water partition coefficient (Wildman–Crippen LogP) is 8.09. The Balaban J connectivity index is 1.27. The summed E-state index contributed by atoms with van der Waals surface area (Å²) in [5.74, 6) is 1.83. The molecule has 244 valence electrons. The summed E-state index contributed by atoms with van der Waals surface area (Å²) in [6.07, 6.45) is 1.59. The maximum atomic E-state index is 13.6. The van der Waals surface area contributed by atoms with Crippen LogP contribution in [0.1, 0.15) is 31.4 Å². The minimum Gasteiger partial charge on any atom is -0.489 e. The average Bonchev–Trinajstić information content (AvgIpc) is 3.68. The number of halogens is 2. The first-order valence-corrected chi connectivity index (χ1v) is 17.8. The molecule has 1 atom stereocenters. The van der Waals surface area contributed by atoms with Crippen LogP contribution in [-0.4, -0.2) is 47.5 Å². The fourth-order valence-electron chi connectivity index (χ4n) is 5.23. The van der Waals surface area contributed by atoms with Gasteiger partial charge >= 0.3 is 0 Å². The van der Waals surface area contributed by atoms with Crippen LogP contribution in [0.5, 0.6) is 11.5 Å². The zero-order valence-corrected chi connectivity index (χ0v) is 28.1. The third-order valence-electron chi connectivity index (χ3n) is 7.51. The number of ether oxygens (including phenoxy) is 4. The summed E-state index contributed by atoms with van der Waals surface area (Å²) in [6.45, 7) is 4.43. The lowest BCUT2D eigenvalue weighted by Crippen LogP contribution is -2.25. The normalized spacial score (nSPS) is 17.4. The number of benzene rings is 3. The topological polar surface area (TPSA) is 115 Å². The molecule has 0 spiro atoms. The van der Waals surface area contributed by atoms with E-state index in [1.54, 1.807) is 64.1 Å². The van der Waals surface area contributed by atoms with Crippen LogP contribution < -0.4 is 20.1 Å². The number of nitrogens with one attached hydrogen (secondary N) is 2. The van der Waals surface area contributed by atoms with E-state index in [4.69, 9.17) is 30.5 Å². The first-order valence-electron chi connectivity index (χ1n) is 15.0. The van der Waals surface area contributed by atoms with Gasteiger partial charge in [0.2, 0.25) is 5.91 Å². The maximum Gasteiger partial charge on any atom is 0.224 e. The van der Waals surface area contributed by atoms with Gasteiger partial charge in [-0.2, -0.15) is 5.26 Å².